The zero-order valence-electron chi connectivity index (χ0n) is 11.2. The van der Waals surface area contributed by atoms with Crippen molar-refractivity contribution in [3.8, 4) is 0 Å². The number of alkyl halides is 3. The molecule has 0 bridgehead atoms. The standard InChI is InChI=1S/C14H17Cl3N2O/c1-10-6-8-19(9-7-10)12-4-2-11(3-5-12)18-13(20)14(15,16)17/h2-5,10H,6-9H2,1H3,(H,18,20). The summed E-state index contributed by atoms with van der Waals surface area (Å²) in [6, 6.07) is 7.59. The van der Waals surface area contributed by atoms with Crippen LogP contribution in [0.2, 0.25) is 0 Å². The van der Waals surface area contributed by atoms with Crippen LogP contribution in [0.5, 0.6) is 0 Å². The number of hydrogen-bond acceptors (Lipinski definition) is 2. The third-order valence-electron chi connectivity index (χ3n) is 3.53. The van der Waals surface area contributed by atoms with Gasteiger partial charge in [0.1, 0.15) is 0 Å². The van der Waals surface area contributed by atoms with Crippen LogP contribution >= 0.6 is 34.8 Å². The van der Waals surface area contributed by atoms with Gasteiger partial charge in [-0.3, -0.25) is 4.79 Å². The SMILES string of the molecule is CC1CCN(c2ccc(NC(=O)C(Cl)(Cl)Cl)cc2)CC1. The molecular weight excluding hydrogens is 319 g/mol. The predicted molar refractivity (Wildman–Crippen MR) is 86.0 cm³/mol. The summed E-state index contributed by atoms with van der Waals surface area (Å²) < 4.78 is -1.94. The minimum Gasteiger partial charge on any atom is -0.372 e. The highest BCUT2D eigenvalue weighted by Gasteiger charge is 2.30. The van der Waals surface area contributed by atoms with Gasteiger partial charge in [0.25, 0.3) is 9.70 Å². The summed E-state index contributed by atoms with van der Waals surface area (Å²) in [4.78, 5) is 13.9. The number of carbonyl (C=O) groups excluding carboxylic acids is 1. The van der Waals surface area contributed by atoms with E-state index in [2.05, 4.69) is 17.1 Å². The molecule has 20 heavy (non-hydrogen) atoms. The summed E-state index contributed by atoms with van der Waals surface area (Å²) in [5.74, 6) is 0.149. The normalized spacial score (nSPS) is 17.1. The second-order valence-corrected chi connectivity index (χ2v) is 7.45. The number of halogens is 3. The van der Waals surface area contributed by atoms with E-state index in [1.165, 1.54) is 12.8 Å². The first kappa shape index (κ1) is 15.7. The van der Waals surface area contributed by atoms with Crippen molar-refractivity contribution in [3.05, 3.63) is 24.3 Å². The highest BCUT2D eigenvalue weighted by molar-refractivity contribution is 6.76. The molecule has 1 aliphatic heterocycles. The maximum atomic E-state index is 11.5. The number of anilines is 2. The highest BCUT2D eigenvalue weighted by atomic mass is 35.6. The van der Waals surface area contributed by atoms with E-state index in [-0.39, 0.29) is 0 Å². The molecule has 1 heterocycles. The first-order valence-electron chi connectivity index (χ1n) is 6.59. The molecule has 0 aromatic heterocycles. The molecule has 3 nitrogen and oxygen atoms in total. The van der Waals surface area contributed by atoms with Gasteiger partial charge >= 0.3 is 0 Å². The van der Waals surface area contributed by atoms with Crippen molar-refractivity contribution in [3.63, 3.8) is 0 Å². The van der Waals surface area contributed by atoms with Gasteiger partial charge in [0, 0.05) is 24.5 Å². The molecule has 1 amide bonds. The lowest BCUT2D eigenvalue weighted by Crippen LogP contribution is -2.32. The fraction of sp³-hybridized carbons (Fsp3) is 0.500. The average molecular weight is 336 g/mol. The molecule has 1 aromatic carbocycles. The fourth-order valence-electron chi connectivity index (χ4n) is 2.22. The van der Waals surface area contributed by atoms with Crippen LogP contribution in [0.25, 0.3) is 0 Å². The van der Waals surface area contributed by atoms with E-state index in [9.17, 15) is 4.79 Å². The molecule has 1 aromatic rings. The Morgan fingerprint density at radius 1 is 1.20 bits per heavy atom. The van der Waals surface area contributed by atoms with Crippen LogP contribution in [0.3, 0.4) is 0 Å². The third kappa shape index (κ3) is 4.18. The molecule has 0 saturated carbocycles. The molecule has 0 atom stereocenters. The van der Waals surface area contributed by atoms with E-state index in [1.54, 1.807) is 0 Å². The Hall–Kier alpha value is -0.640. The number of benzene rings is 1. The van der Waals surface area contributed by atoms with Crippen molar-refractivity contribution in [2.24, 2.45) is 5.92 Å². The third-order valence-corrected chi connectivity index (χ3v) is 4.05. The molecule has 0 aliphatic carbocycles. The lowest BCUT2D eigenvalue weighted by molar-refractivity contribution is -0.115. The fourth-order valence-corrected chi connectivity index (χ4v) is 2.37. The van der Waals surface area contributed by atoms with Gasteiger partial charge in [-0.05, 0) is 43.0 Å². The first-order chi connectivity index (χ1) is 9.36. The van der Waals surface area contributed by atoms with E-state index in [4.69, 9.17) is 34.8 Å². The van der Waals surface area contributed by atoms with Crippen molar-refractivity contribution < 1.29 is 4.79 Å². The van der Waals surface area contributed by atoms with Gasteiger partial charge < -0.3 is 10.2 Å². The first-order valence-corrected chi connectivity index (χ1v) is 7.73. The van der Waals surface area contributed by atoms with Gasteiger partial charge in [-0.25, -0.2) is 0 Å². The smallest absolute Gasteiger partial charge is 0.276 e. The van der Waals surface area contributed by atoms with Crippen LogP contribution in [0.4, 0.5) is 11.4 Å². The molecule has 0 unspecified atom stereocenters. The summed E-state index contributed by atoms with van der Waals surface area (Å²) in [5, 5.41) is 2.57. The van der Waals surface area contributed by atoms with Gasteiger partial charge in [-0.15, -0.1) is 0 Å². The molecule has 1 fully saturated rings. The monoisotopic (exact) mass is 334 g/mol. The number of hydrogen-bond donors (Lipinski definition) is 1. The lowest BCUT2D eigenvalue weighted by atomic mass is 9.99. The largest absolute Gasteiger partial charge is 0.372 e. The van der Waals surface area contributed by atoms with E-state index < -0.39 is 9.70 Å². The van der Waals surface area contributed by atoms with Crippen molar-refractivity contribution in [2.45, 2.75) is 23.6 Å². The van der Waals surface area contributed by atoms with Gasteiger partial charge in [0.2, 0.25) is 0 Å². The minimum atomic E-state index is -1.94. The molecule has 1 saturated heterocycles. The van der Waals surface area contributed by atoms with Gasteiger partial charge in [0.15, 0.2) is 0 Å². The van der Waals surface area contributed by atoms with Crippen molar-refractivity contribution in [1.29, 1.82) is 0 Å². The summed E-state index contributed by atoms with van der Waals surface area (Å²) in [7, 11) is 0. The zero-order valence-corrected chi connectivity index (χ0v) is 13.5. The van der Waals surface area contributed by atoms with Crippen LogP contribution in [0.15, 0.2) is 24.3 Å². The van der Waals surface area contributed by atoms with E-state index in [1.807, 2.05) is 24.3 Å². The molecule has 1 N–H and O–H groups in total. The zero-order chi connectivity index (χ0) is 14.8. The van der Waals surface area contributed by atoms with Crippen LogP contribution in [0.1, 0.15) is 19.8 Å². The van der Waals surface area contributed by atoms with Crippen LogP contribution in [-0.2, 0) is 4.79 Å². The summed E-state index contributed by atoms with van der Waals surface area (Å²) in [6.07, 6.45) is 2.43. The minimum absolute atomic E-state index is 0.621. The second kappa shape index (κ2) is 6.42. The van der Waals surface area contributed by atoms with Crippen molar-refractivity contribution >= 4 is 52.1 Å². The second-order valence-electron chi connectivity index (χ2n) is 5.17. The quantitative estimate of drug-likeness (QED) is 0.820. The number of nitrogens with zero attached hydrogens (tertiary/aromatic N) is 1. The van der Waals surface area contributed by atoms with Crippen molar-refractivity contribution in [1.82, 2.24) is 0 Å². The Kier molecular flexibility index (Phi) is 5.05. The maximum Gasteiger partial charge on any atom is 0.276 e. The Morgan fingerprint density at radius 2 is 1.75 bits per heavy atom. The van der Waals surface area contributed by atoms with Crippen molar-refractivity contribution in [2.75, 3.05) is 23.3 Å². The molecule has 0 radical (unpaired) electrons. The highest BCUT2D eigenvalue weighted by Crippen LogP contribution is 2.28. The Balaban J connectivity index is 1.98. The van der Waals surface area contributed by atoms with Crippen LogP contribution < -0.4 is 10.2 Å². The number of nitrogens with one attached hydrogen (secondary N) is 1. The predicted octanol–water partition coefficient (Wildman–Crippen LogP) is 4.23. The Morgan fingerprint density at radius 3 is 2.25 bits per heavy atom. The number of amides is 1. The summed E-state index contributed by atoms with van der Waals surface area (Å²) >= 11 is 16.5. The summed E-state index contributed by atoms with van der Waals surface area (Å²) in [5.41, 5.74) is 1.78. The molecule has 6 heteroatoms. The molecule has 1 aliphatic rings. The van der Waals surface area contributed by atoms with E-state index in [0.717, 1.165) is 24.7 Å². The lowest BCUT2D eigenvalue weighted by Gasteiger charge is -2.32. The summed E-state index contributed by atoms with van der Waals surface area (Å²) in [6.45, 7) is 4.43. The van der Waals surface area contributed by atoms with Crippen LogP contribution in [-0.4, -0.2) is 22.8 Å². The number of carbonyl (C=O) groups is 1. The van der Waals surface area contributed by atoms with Crippen LogP contribution in [0, 0.1) is 5.92 Å². The number of piperidine rings is 1. The molecular formula is C14H17Cl3N2O. The van der Waals surface area contributed by atoms with Gasteiger partial charge in [-0.2, -0.15) is 0 Å². The van der Waals surface area contributed by atoms with E-state index in [0.29, 0.717) is 5.69 Å². The molecule has 2 rings (SSSR count). The van der Waals surface area contributed by atoms with Gasteiger partial charge in [-0.1, -0.05) is 41.7 Å². The molecule has 0 spiro atoms. The maximum absolute atomic E-state index is 11.5. The Bertz CT molecular complexity index is 462. The van der Waals surface area contributed by atoms with E-state index >= 15 is 0 Å². The number of rotatable bonds is 2. The topological polar surface area (TPSA) is 32.3 Å². The molecule has 110 valence electrons. The van der Waals surface area contributed by atoms with Gasteiger partial charge in [0.05, 0.1) is 0 Å². The average Bonchev–Trinajstić information content (AvgIpc) is 2.39. The Labute approximate surface area is 134 Å².